The molecular formula is C21H21ClN2O2S. The number of rotatable bonds is 6. The molecule has 0 aromatic heterocycles. The maximum Gasteiger partial charge on any atom is 0.257 e. The lowest BCUT2D eigenvalue weighted by Gasteiger charge is -2.30. The zero-order valence-electron chi connectivity index (χ0n) is 14.9. The van der Waals surface area contributed by atoms with Crippen LogP contribution >= 0.6 is 11.8 Å². The molecule has 3 aromatic rings. The zero-order valence-corrected chi connectivity index (χ0v) is 16.4. The van der Waals surface area contributed by atoms with Crippen LogP contribution in [0.3, 0.4) is 0 Å². The van der Waals surface area contributed by atoms with Crippen molar-refractivity contribution in [1.29, 1.82) is 0 Å². The lowest BCUT2D eigenvalue weighted by atomic mass is 9.95. The van der Waals surface area contributed by atoms with E-state index in [9.17, 15) is 8.42 Å². The predicted molar refractivity (Wildman–Crippen MR) is 109 cm³/mol. The van der Waals surface area contributed by atoms with Crippen molar-refractivity contribution in [2.24, 2.45) is 5.73 Å². The predicted octanol–water partition coefficient (Wildman–Crippen LogP) is 4.58. The summed E-state index contributed by atoms with van der Waals surface area (Å²) in [6.45, 7) is 1.90. The Balaban J connectivity index is 2.06. The first-order valence-electron chi connectivity index (χ1n) is 8.53. The van der Waals surface area contributed by atoms with Gasteiger partial charge in [0.2, 0.25) is 0 Å². The van der Waals surface area contributed by atoms with E-state index in [4.69, 9.17) is 17.5 Å². The summed E-state index contributed by atoms with van der Waals surface area (Å²) >= 11 is 6.46. The summed E-state index contributed by atoms with van der Waals surface area (Å²) in [7, 11) is -3.94. The number of halogens is 1. The Morgan fingerprint density at radius 1 is 0.815 bits per heavy atom. The molecular weight excluding hydrogens is 380 g/mol. The van der Waals surface area contributed by atoms with Gasteiger partial charge in [0.25, 0.3) is 10.0 Å². The lowest BCUT2D eigenvalue weighted by Crippen LogP contribution is -2.34. The lowest BCUT2D eigenvalue weighted by molar-refractivity contribution is 0.400. The molecule has 0 aliphatic carbocycles. The van der Waals surface area contributed by atoms with Crippen molar-refractivity contribution < 1.29 is 8.42 Å². The first-order chi connectivity index (χ1) is 12.9. The Morgan fingerprint density at radius 3 is 1.81 bits per heavy atom. The van der Waals surface area contributed by atoms with E-state index in [2.05, 4.69) is 0 Å². The molecule has 0 radical (unpaired) electrons. The molecule has 0 fully saturated rings. The van der Waals surface area contributed by atoms with Crippen molar-refractivity contribution in [3.8, 4) is 0 Å². The van der Waals surface area contributed by atoms with Crippen molar-refractivity contribution in [3.63, 3.8) is 0 Å². The minimum Gasteiger partial charge on any atom is -0.322 e. The maximum atomic E-state index is 13.1. The maximum absolute atomic E-state index is 13.1. The van der Waals surface area contributed by atoms with Crippen LogP contribution in [0, 0.1) is 6.92 Å². The van der Waals surface area contributed by atoms with E-state index in [0.29, 0.717) is 0 Å². The number of nitrogens with zero attached hydrogens (tertiary/aromatic N) is 1. The minimum absolute atomic E-state index is 0.129. The Labute approximate surface area is 165 Å². The molecule has 0 unspecified atom stereocenters. The molecule has 0 saturated carbocycles. The van der Waals surface area contributed by atoms with Gasteiger partial charge in [0, 0.05) is 0 Å². The normalized spacial score (nSPS) is 14.1. The van der Waals surface area contributed by atoms with Crippen LogP contribution in [-0.4, -0.2) is 12.2 Å². The van der Waals surface area contributed by atoms with Crippen LogP contribution in [0.4, 0.5) is 0 Å². The van der Waals surface area contributed by atoms with Gasteiger partial charge in [0.1, 0.15) is 0 Å². The molecule has 0 heterocycles. The fourth-order valence-electron chi connectivity index (χ4n) is 2.92. The topological polar surface area (TPSA) is 63.4 Å². The molecule has 27 heavy (non-hydrogen) atoms. The van der Waals surface area contributed by atoms with Gasteiger partial charge in [-0.3, -0.25) is 0 Å². The largest absolute Gasteiger partial charge is 0.322 e. The highest BCUT2D eigenvalue weighted by Gasteiger charge is 2.35. The number of hydrogen-bond acceptors (Lipinski definition) is 3. The average molecular weight is 401 g/mol. The molecule has 0 aliphatic rings. The quantitative estimate of drug-likeness (QED) is 0.616. The number of hydrogen-bond donors (Lipinski definition) is 1. The zero-order chi connectivity index (χ0) is 19.4. The smallest absolute Gasteiger partial charge is 0.257 e. The molecule has 3 aromatic carbocycles. The second-order valence-corrected chi connectivity index (χ2v) is 8.73. The molecule has 0 amide bonds. The molecule has 0 bridgehead atoms. The highest BCUT2D eigenvalue weighted by molar-refractivity contribution is 7.90. The Hall–Kier alpha value is -2.18. The third kappa shape index (κ3) is 4.22. The Kier molecular flexibility index (Phi) is 5.97. The number of sulfonamides is 1. The van der Waals surface area contributed by atoms with Gasteiger partial charge in [-0.15, -0.1) is 3.82 Å². The van der Waals surface area contributed by atoms with E-state index in [1.807, 2.05) is 67.6 Å². The van der Waals surface area contributed by atoms with Crippen LogP contribution in [0.15, 0.2) is 89.8 Å². The van der Waals surface area contributed by atoms with E-state index < -0.39 is 22.1 Å². The van der Waals surface area contributed by atoms with Crippen molar-refractivity contribution >= 4 is 21.8 Å². The van der Waals surface area contributed by atoms with Crippen molar-refractivity contribution in [1.82, 2.24) is 3.82 Å². The summed E-state index contributed by atoms with van der Waals surface area (Å²) < 4.78 is 27.1. The third-order valence-corrected chi connectivity index (χ3v) is 6.74. The fraction of sp³-hybridized carbons (Fsp3) is 0.143. The SMILES string of the molecule is Cc1ccc(S(=O)(=O)N(Cl)[C@H](c2ccccc2)[C@H](N)c2ccccc2)cc1. The van der Waals surface area contributed by atoms with Gasteiger partial charge < -0.3 is 5.73 Å². The average Bonchev–Trinajstić information content (AvgIpc) is 2.70. The van der Waals surface area contributed by atoms with Gasteiger partial charge in [-0.1, -0.05) is 78.4 Å². The van der Waals surface area contributed by atoms with Crippen molar-refractivity contribution in [2.45, 2.75) is 23.9 Å². The first-order valence-corrected chi connectivity index (χ1v) is 10.3. The number of nitrogens with two attached hydrogens (primary N) is 1. The molecule has 140 valence electrons. The van der Waals surface area contributed by atoms with Crippen LogP contribution in [0.5, 0.6) is 0 Å². The van der Waals surface area contributed by atoms with Crippen LogP contribution in [0.1, 0.15) is 28.8 Å². The summed E-state index contributed by atoms with van der Waals surface area (Å²) in [5.74, 6) is 0. The fourth-order valence-corrected chi connectivity index (χ4v) is 4.63. The van der Waals surface area contributed by atoms with Crippen LogP contribution in [0.25, 0.3) is 0 Å². The van der Waals surface area contributed by atoms with E-state index in [-0.39, 0.29) is 4.90 Å². The Bertz CT molecular complexity index is 978. The summed E-state index contributed by atoms with van der Waals surface area (Å²) in [5, 5.41) is 0. The van der Waals surface area contributed by atoms with E-state index >= 15 is 0 Å². The molecule has 0 saturated heterocycles. The van der Waals surface area contributed by atoms with Gasteiger partial charge in [0.05, 0.1) is 17.0 Å². The van der Waals surface area contributed by atoms with Crippen LogP contribution < -0.4 is 5.73 Å². The monoisotopic (exact) mass is 400 g/mol. The Morgan fingerprint density at radius 2 is 1.30 bits per heavy atom. The summed E-state index contributed by atoms with van der Waals surface area (Å²) in [6.07, 6.45) is 0. The highest BCUT2D eigenvalue weighted by atomic mass is 35.5. The van der Waals surface area contributed by atoms with Gasteiger partial charge in [-0.05, 0) is 42.0 Å². The summed E-state index contributed by atoms with van der Waals surface area (Å²) in [6, 6.07) is 23.7. The van der Waals surface area contributed by atoms with E-state index in [0.717, 1.165) is 20.5 Å². The minimum atomic E-state index is -3.94. The van der Waals surface area contributed by atoms with Gasteiger partial charge in [0.15, 0.2) is 0 Å². The summed E-state index contributed by atoms with van der Waals surface area (Å²) in [5.41, 5.74) is 8.97. The molecule has 0 aliphatic heterocycles. The first kappa shape index (κ1) is 19.6. The highest BCUT2D eigenvalue weighted by Crippen LogP contribution is 2.37. The number of aryl methyl sites for hydroxylation is 1. The standard InChI is InChI=1S/C21H21ClN2O2S/c1-16-12-14-19(15-13-16)27(25,26)24(22)21(18-10-6-3-7-11-18)20(23)17-8-4-2-5-9-17/h2-15,20-21H,23H2,1H3/t20-,21-/m1/s1. The van der Waals surface area contributed by atoms with Gasteiger partial charge in [-0.25, -0.2) is 8.42 Å². The van der Waals surface area contributed by atoms with Crippen molar-refractivity contribution in [3.05, 3.63) is 102 Å². The third-order valence-electron chi connectivity index (χ3n) is 4.43. The second-order valence-electron chi connectivity index (χ2n) is 6.35. The molecule has 3 rings (SSSR count). The number of benzene rings is 3. The van der Waals surface area contributed by atoms with Gasteiger partial charge in [-0.2, -0.15) is 0 Å². The molecule has 2 N–H and O–H groups in total. The van der Waals surface area contributed by atoms with Crippen LogP contribution in [-0.2, 0) is 10.0 Å². The van der Waals surface area contributed by atoms with Gasteiger partial charge >= 0.3 is 0 Å². The molecule has 0 spiro atoms. The van der Waals surface area contributed by atoms with Crippen molar-refractivity contribution in [2.75, 3.05) is 0 Å². The van der Waals surface area contributed by atoms with E-state index in [1.54, 1.807) is 24.3 Å². The second kappa shape index (κ2) is 8.23. The van der Waals surface area contributed by atoms with E-state index in [1.165, 1.54) is 0 Å². The molecule has 6 heteroatoms. The van der Waals surface area contributed by atoms with Crippen LogP contribution in [0.2, 0.25) is 0 Å². The molecule has 4 nitrogen and oxygen atoms in total. The molecule has 2 atom stereocenters. The summed E-state index contributed by atoms with van der Waals surface area (Å²) in [4.78, 5) is 0.129.